The monoisotopic (exact) mass is 353 g/mol. The van der Waals surface area contributed by atoms with Crippen LogP contribution in [0, 0.1) is 13.8 Å². The summed E-state index contributed by atoms with van der Waals surface area (Å²) in [5, 5.41) is 18.7. The number of nitrogens with zero attached hydrogens (tertiary/aromatic N) is 6. The van der Waals surface area contributed by atoms with Gasteiger partial charge in [-0.1, -0.05) is 29.4 Å². The molecule has 1 N–H and O–H groups in total. The van der Waals surface area contributed by atoms with Crippen molar-refractivity contribution < 1.29 is 4.74 Å². The van der Waals surface area contributed by atoms with Crippen molar-refractivity contribution in [2.45, 2.75) is 26.8 Å². The van der Waals surface area contributed by atoms with Gasteiger partial charge >= 0.3 is 0 Å². The van der Waals surface area contributed by atoms with Crippen molar-refractivity contribution in [2.24, 2.45) is 0 Å². The first-order valence-corrected chi connectivity index (χ1v) is 8.87. The van der Waals surface area contributed by atoms with E-state index in [9.17, 15) is 0 Å². The van der Waals surface area contributed by atoms with E-state index in [-0.39, 0.29) is 0 Å². The van der Waals surface area contributed by atoms with Crippen LogP contribution in [0.1, 0.15) is 29.9 Å². The molecule has 4 rings (SSSR count). The van der Waals surface area contributed by atoms with Gasteiger partial charge in [0.1, 0.15) is 0 Å². The first-order chi connectivity index (χ1) is 12.6. The molecule has 1 unspecified atom stereocenters. The molecule has 1 aromatic carbocycles. The van der Waals surface area contributed by atoms with E-state index in [0.29, 0.717) is 12.0 Å². The molecular weight excluding hydrogens is 330 g/mol. The summed E-state index contributed by atoms with van der Waals surface area (Å²) >= 11 is 0. The number of ether oxygens (including phenoxy) is 1. The number of H-pyrrole nitrogens is 1. The van der Waals surface area contributed by atoms with Crippen molar-refractivity contribution in [2.75, 3.05) is 26.3 Å². The van der Waals surface area contributed by atoms with E-state index < -0.39 is 0 Å². The van der Waals surface area contributed by atoms with Crippen molar-refractivity contribution in [1.29, 1.82) is 0 Å². The number of tetrazole rings is 1. The second kappa shape index (κ2) is 6.97. The number of benzene rings is 1. The van der Waals surface area contributed by atoms with Crippen LogP contribution in [0.25, 0.3) is 17.1 Å². The molecule has 2 aromatic heterocycles. The molecule has 0 bridgehead atoms. The largest absolute Gasteiger partial charge is 0.379 e. The fourth-order valence-electron chi connectivity index (χ4n) is 3.61. The van der Waals surface area contributed by atoms with Gasteiger partial charge in [0.15, 0.2) is 0 Å². The van der Waals surface area contributed by atoms with Crippen LogP contribution in [-0.4, -0.2) is 61.6 Å². The third-order valence-electron chi connectivity index (χ3n) is 5.09. The summed E-state index contributed by atoms with van der Waals surface area (Å²) in [6, 6.07) is 9.14. The van der Waals surface area contributed by atoms with Crippen LogP contribution in [0.2, 0.25) is 0 Å². The van der Waals surface area contributed by atoms with Gasteiger partial charge in [0.25, 0.3) is 5.95 Å². The number of hydrogen-bond donors (Lipinski definition) is 1. The normalized spacial score (nSPS) is 16.7. The molecule has 8 heteroatoms. The van der Waals surface area contributed by atoms with Crippen molar-refractivity contribution >= 4 is 0 Å². The molecule has 1 aliphatic rings. The van der Waals surface area contributed by atoms with Gasteiger partial charge in [-0.25, -0.2) is 0 Å². The van der Waals surface area contributed by atoms with Crippen LogP contribution in [0.3, 0.4) is 0 Å². The maximum absolute atomic E-state index is 5.45. The molecule has 26 heavy (non-hydrogen) atoms. The summed E-state index contributed by atoms with van der Waals surface area (Å²) < 4.78 is 7.17. The molecule has 3 heterocycles. The Morgan fingerprint density at radius 3 is 2.50 bits per heavy atom. The summed E-state index contributed by atoms with van der Waals surface area (Å²) in [5.74, 6) is 0.453. The third kappa shape index (κ3) is 3.02. The highest BCUT2D eigenvalue weighted by Gasteiger charge is 2.20. The van der Waals surface area contributed by atoms with Gasteiger partial charge in [0.2, 0.25) is 0 Å². The molecule has 0 radical (unpaired) electrons. The van der Waals surface area contributed by atoms with Gasteiger partial charge in [-0.05, 0) is 37.1 Å². The van der Waals surface area contributed by atoms with Crippen molar-refractivity contribution in [3.63, 3.8) is 0 Å². The average molecular weight is 353 g/mol. The van der Waals surface area contributed by atoms with Crippen molar-refractivity contribution in [3.8, 4) is 17.1 Å². The highest BCUT2D eigenvalue weighted by molar-refractivity contribution is 5.69. The molecule has 0 amide bonds. The van der Waals surface area contributed by atoms with Gasteiger partial charge < -0.3 is 4.74 Å². The average Bonchev–Trinajstić information content (AvgIpc) is 3.30. The van der Waals surface area contributed by atoms with Crippen LogP contribution in [0.15, 0.2) is 24.3 Å². The summed E-state index contributed by atoms with van der Waals surface area (Å²) in [6.07, 6.45) is 0. The quantitative estimate of drug-likeness (QED) is 0.773. The van der Waals surface area contributed by atoms with E-state index in [4.69, 9.17) is 4.74 Å². The Labute approximate surface area is 152 Å². The zero-order valence-corrected chi connectivity index (χ0v) is 15.3. The Hall–Kier alpha value is -2.58. The second-order valence-corrected chi connectivity index (χ2v) is 6.62. The lowest BCUT2D eigenvalue weighted by atomic mass is 9.99. The Kier molecular flexibility index (Phi) is 4.52. The Balaban J connectivity index is 1.61. The Bertz CT molecular complexity index is 864. The molecule has 1 aliphatic heterocycles. The Morgan fingerprint density at radius 1 is 1.12 bits per heavy atom. The number of nitrogens with one attached hydrogen (secondary N) is 1. The second-order valence-electron chi connectivity index (χ2n) is 6.62. The number of hydrogen-bond acceptors (Lipinski definition) is 6. The first-order valence-electron chi connectivity index (χ1n) is 8.87. The van der Waals surface area contributed by atoms with Crippen LogP contribution >= 0.6 is 0 Å². The van der Waals surface area contributed by atoms with E-state index in [1.807, 2.05) is 13.8 Å². The number of morpholine rings is 1. The zero-order valence-electron chi connectivity index (χ0n) is 15.3. The molecule has 1 atom stereocenters. The van der Waals surface area contributed by atoms with Crippen LogP contribution in [0.4, 0.5) is 0 Å². The van der Waals surface area contributed by atoms with E-state index in [2.05, 4.69) is 61.8 Å². The standard InChI is InChI=1S/C18H23N7O/c1-12-17(14(3)25(21-12)18-19-22-23-20-18)16-6-4-15(5-7-16)13(2)24-8-10-26-11-9-24/h4-7,13H,8-11H2,1-3H3,(H,19,20,22,23). The van der Waals surface area contributed by atoms with E-state index in [1.54, 1.807) is 4.68 Å². The number of aryl methyl sites for hydroxylation is 1. The Morgan fingerprint density at radius 2 is 1.85 bits per heavy atom. The van der Waals surface area contributed by atoms with E-state index in [0.717, 1.165) is 48.8 Å². The van der Waals surface area contributed by atoms with Gasteiger partial charge in [-0.3, -0.25) is 4.90 Å². The molecular formula is C18H23N7O. The molecule has 1 fully saturated rings. The van der Waals surface area contributed by atoms with Gasteiger partial charge in [-0.15, -0.1) is 5.10 Å². The minimum absolute atomic E-state index is 0.386. The topological polar surface area (TPSA) is 84.8 Å². The van der Waals surface area contributed by atoms with Gasteiger partial charge in [0.05, 0.1) is 24.6 Å². The maximum Gasteiger partial charge on any atom is 0.290 e. The fraction of sp³-hybridized carbons (Fsp3) is 0.444. The summed E-state index contributed by atoms with van der Waals surface area (Å²) in [6.45, 7) is 9.88. The molecule has 3 aromatic rings. The highest BCUT2D eigenvalue weighted by atomic mass is 16.5. The lowest BCUT2D eigenvalue weighted by molar-refractivity contribution is 0.0198. The summed E-state index contributed by atoms with van der Waals surface area (Å²) in [5.41, 5.74) is 5.52. The van der Waals surface area contributed by atoms with Crippen molar-refractivity contribution in [1.82, 2.24) is 35.3 Å². The molecule has 8 nitrogen and oxygen atoms in total. The summed E-state index contributed by atoms with van der Waals surface area (Å²) in [7, 11) is 0. The first kappa shape index (κ1) is 16.9. The molecule has 1 saturated heterocycles. The van der Waals surface area contributed by atoms with Gasteiger partial charge in [-0.2, -0.15) is 15.0 Å². The number of rotatable bonds is 4. The number of aromatic amines is 1. The van der Waals surface area contributed by atoms with E-state index >= 15 is 0 Å². The molecule has 0 spiro atoms. The fourth-order valence-corrected chi connectivity index (χ4v) is 3.61. The van der Waals surface area contributed by atoms with Crippen LogP contribution < -0.4 is 0 Å². The zero-order chi connectivity index (χ0) is 18.1. The predicted octanol–water partition coefficient (Wildman–Crippen LogP) is 2.06. The SMILES string of the molecule is Cc1nn(-c2nn[nH]n2)c(C)c1-c1ccc(C(C)N2CCOCC2)cc1. The maximum atomic E-state index is 5.45. The molecule has 0 aliphatic carbocycles. The minimum Gasteiger partial charge on any atom is -0.379 e. The molecule has 136 valence electrons. The van der Waals surface area contributed by atoms with Gasteiger partial charge in [0, 0.05) is 24.7 Å². The summed E-state index contributed by atoms with van der Waals surface area (Å²) in [4.78, 5) is 2.46. The van der Waals surface area contributed by atoms with Crippen LogP contribution in [0.5, 0.6) is 0 Å². The number of aromatic nitrogens is 6. The highest BCUT2D eigenvalue weighted by Crippen LogP contribution is 2.30. The third-order valence-corrected chi connectivity index (χ3v) is 5.09. The molecule has 0 saturated carbocycles. The lowest BCUT2D eigenvalue weighted by Crippen LogP contribution is -2.37. The lowest BCUT2D eigenvalue weighted by Gasteiger charge is -2.32. The minimum atomic E-state index is 0.386. The smallest absolute Gasteiger partial charge is 0.290 e. The predicted molar refractivity (Wildman–Crippen MR) is 97.0 cm³/mol. The van der Waals surface area contributed by atoms with Crippen LogP contribution in [-0.2, 0) is 4.74 Å². The van der Waals surface area contributed by atoms with Crippen molar-refractivity contribution in [3.05, 3.63) is 41.2 Å². The van der Waals surface area contributed by atoms with E-state index in [1.165, 1.54) is 5.56 Å².